The third-order valence-electron chi connectivity index (χ3n) is 8.00. The molecule has 2 bridgehead atoms. The summed E-state index contributed by atoms with van der Waals surface area (Å²) in [5.74, 6) is 0.739. The lowest BCUT2D eigenvalue weighted by atomic mass is 9.70. The first kappa shape index (κ1) is 27.2. The number of fused-ring (bicyclic) bond motifs is 3. The van der Waals surface area contributed by atoms with Gasteiger partial charge in [-0.2, -0.15) is 0 Å². The molecule has 3 saturated heterocycles. The second kappa shape index (κ2) is 11.4. The Balaban J connectivity index is 1.55. The third-order valence-corrected chi connectivity index (χ3v) is 9.11. The van der Waals surface area contributed by atoms with Crippen LogP contribution in [0.25, 0.3) is 0 Å². The number of sulfone groups is 1. The number of rotatable bonds is 9. The minimum Gasteiger partial charge on any atom is -0.496 e. The highest BCUT2D eigenvalue weighted by Crippen LogP contribution is 2.45. The summed E-state index contributed by atoms with van der Waals surface area (Å²) >= 11 is 0. The van der Waals surface area contributed by atoms with Crippen LogP contribution in [0.2, 0.25) is 0 Å². The molecule has 5 atom stereocenters. The van der Waals surface area contributed by atoms with Crippen molar-refractivity contribution in [1.29, 1.82) is 0 Å². The predicted molar refractivity (Wildman–Crippen MR) is 148 cm³/mol. The monoisotopic (exact) mass is 550 g/mol. The summed E-state index contributed by atoms with van der Waals surface area (Å²) in [5.41, 5.74) is 3.03. The first-order chi connectivity index (χ1) is 18.8. The fourth-order valence-electron chi connectivity index (χ4n) is 6.30. The predicted octanol–water partition coefficient (Wildman–Crippen LogP) is 4.50. The van der Waals surface area contributed by atoms with Crippen LogP contribution in [0.5, 0.6) is 5.75 Å². The maximum atomic E-state index is 12.2. The minimum atomic E-state index is -3.38. The van der Waals surface area contributed by atoms with Crippen LogP contribution >= 0.6 is 0 Å². The highest BCUT2D eigenvalue weighted by molar-refractivity contribution is 7.90. The van der Waals surface area contributed by atoms with Gasteiger partial charge in [-0.05, 0) is 41.7 Å². The zero-order chi connectivity index (χ0) is 27.6. The second-order valence-electron chi connectivity index (χ2n) is 10.3. The van der Waals surface area contributed by atoms with Crippen molar-refractivity contribution in [3.63, 3.8) is 0 Å². The van der Waals surface area contributed by atoms with Gasteiger partial charge in [-0.3, -0.25) is 4.90 Å². The summed E-state index contributed by atoms with van der Waals surface area (Å²) in [7, 11) is -1.81. The number of carboxylic acid groups (broad SMARTS) is 1. The number of benzene rings is 3. The van der Waals surface area contributed by atoms with Gasteiger partial charge in [-0.1, -0.05) is 60.7 Å². The Labute approximate surface area is 229 Å². The van der Waals surface area contributed by atoms with Crippen molar-refractivity contribution in [2.45, 2.75) is 48.5 Å². The molecule has 3 heterocycles. The van der Waals surface area contributed by atoms with Crippen molar-refractivity contribution in [3.05, 3.63) is 95.6 Å². The van der Waals surface area contributed by atoms with Gasteiger partial charge in [-0.15, -0.1) is 0 Å². The van der Waals surface area contributed by atoms with Gasteiger partial charge in [0.05, 0.1) is 12.0 Å². The number of ether oxygens (including phenoxy) is 2. The normalized spacial score (nSPS) is 24.4. The van der Waals surface area contributed by atoms with E-state index in [0.717, 1.165) is 29.7 Å². The largest absolute Gasteiger partial charge is 0.507 e. The van der Waals surface area contributed by atoms with E-state index < -0.39 is 22.2 Å². The van der Waals surface area contributed by atoms with Gasteiger partial charge in [-0.25, -0.2) is 13.2 Å². The van der Waals surface area contributed by atoms with Crippen LogP contribution in [0, 0.1) is 5.92 Å². The zero-order valence-corrected chi connectivity index (χ0v) is 22.9. The molecule has 2 unspecified atom stereocenters. The minimum absolute atomic E-state index is 0.00981. The van der Waals surface area contributed by atoms with E-state index >= 15 is 0 Å². The maximum Gasteiger partial charge on any atom is 0.507 e. The summed E-state index contributed by atoms with van der Waals surface area (Å²) in [5, 5.41) is 13.2. The number of carbonyl (C=O) groups is 1. The highest BCUT2D eigenvalue weighted by Gasteiger charge is 2.51. The second-order valence-corrected chi connectivity index (χ2v) is 12.3. The molecule has 0 saturated carbocycles. The molecule has 39 heavy (non-hydrogen) atoms. The first-order valence-corrected chi connectivity index (χ1v) is 15.0. The topological polar surface area (TPSA) is 105 Å². The zero-order valence-electron chi connectivity index (χ0n) is 22.1. The van der Waals surface area contributed by atoms with Crippen LogP contribution in [0.3, 0.4) is 0 Å². The molecule has 206 valence electrons. The molecule has 0 radical (unpaired) electrons. The van der Waals surface area contributed by atoms with Crippen molar-refractivity contribution < 1.29 is 27.8 Å². The summed E-state index contributed by atoms with van der Waals surface area (Å²) in [4.78, 5) is 14.0. The molecule has 3 aliphatic heterocycles. The molecule has 2 N–H and O–H groups in total. The highest BCUT2D eigenvalue weighted by atomic mass is 32.2. The van der Waals surface area contributed by atoms with Crippen LogP contribution in [0.15, 0.2) is 83.8 Å². The van der Waals surface area contributed by atoms with Crippen LogP contribution in [0.4, 0.5) is 4.79 Å². The Kier molecular flexibility index (Phi) is 7.93. The van der Waals surface area contributed by atoms with Crippen molar-refractivity contribution in [2.75, 3.05) is 19.9 Å². The molecule has 3 aliphatic rings. The Hall–Kier alpha value is -3.40. The fraction of sp³-hybridized carbons (Fsp3) is 0.367. The molecule has 0 aliphatic carbocycles. The molecule has 0 amide bonds. The average Bonchev–Trinajstić information content (AvgIpc) is 2.93. The molecular weight excluding hydrogens is 516 g/mol. The number of methoxy groups -OCH3 is 1. The molecule has 3 aromatic carbocycles. The number of nitrogens with one attached hydrogen (secondary N) is 1. The van der Waals surface area contributed by atoms with E-state index in [9.17, 15) is 18.3 Å². The Bertz CT molecular complexity index is 1360. The van der Waals surface area contributed by atoms with Crippen LogP contribution in [0.1, 0.15) is 35.4 Å². The molecule has 6 rings (SSSR count). The van der Waals surface area contributed by atoms with E-state index in [4.69, 9.17) is 9.47 Å². The summed E-state index contributed by atoms with van der Waals surface area (Å²) in [6.07, 6.45) is 0.904. The average molecular weight is 551 g/mol. The molecule has 0 aromatic heterocycles. The van der Waals surface area contributed by atoms with Crippen LogP contribution < -0.4 is 10.1 Å². The van der Waals surface area contributed by atoms with Crippen molar-refractivity contribution in [3.8, 4) is 5.75 Å². The van der Waals surface area contributed by atoms with E-state index in [1.807, 2.05) is 36.4 Å². The molecule has 9 heteroatoms. The van der Waals surface area contributed by atoms with Crippen LogP contribution in [-0.2, 0) is 21.1 Å². The first-order valence-electron chi connectivity index (χ1n) is 13.1. The SMILES string of the molecule is COc1ccc(S(C)(=O)=O)cc1CN[C@H]1[C@H]2CCN(C(OC(=O)O)C2)[C@H]1C(c1ccccc1)c1ccccc1. The van der Waals surface area contributed by atoms with E-state index in [-0.39, 0.29) is 28.8 Å². The van der Waals surface area contributed by atoms with Crippen molar-refractivity contribution in [1.82, 2.24) is 10.2 Å². The molecule has 3 aromatic rings. The summed E-state index contributed by atoms with van der Waals surface area (Å²) < 4.78 is 35.5. The Morgan fingerprint density at radius 2 is 1.69 bits per heavy atom. The number of hydrogen-bond acceptors (Lipinski definition) is 7. The molecule has 0 spiro atoms. The number of piperidine rings is 3. The van der Waals surface area contributed by atoms with Crippen molar-refractivity contribution >= 4 is 16.0 Å². The molecule has 3 fully saturated rings. The van der Waals surface area contributed by atoms with E-state index in [0.29, 0.717) is 18.7 Å². The van der Waals surface area contributed by atoms with Crippen LogP contribution in [-0.4, -0.2) is 62.8 Å². The molecule has 8 nitrogen and oxygen atoms in total. The molecular formula is C30H34N2O6S. The van der Waals surface area contributed by atoms with Crippen molar-refractivity contribution in [2.24, 2.45) is 5.92 Å². The lowest BCUT2D eigenvalue weighted by Gasteiger charge is -2.56. The maximum absolute atomic E-state index is 12.2. The van der Waals surface area contributed by atoms with Gasteiger partial charge < -0.3 is 19.9 Å². The summed E-state index contributed by atoms with van der Waals surface area (Å²) in [6, 6.07) is 25.3. The standard InChI is InChI=1S/C30H34N2O6S/c1-37-25-14-13-24(39(2,35)36)17-23(25)19-31-28-22-15-16-32(26(18-22)38-30(33)34)29(28)27(20-9-5-3-6-10-20)21-11-7-4-8-12-21/h3-14,17,22,26-29,31H,15-16,18-19H2,1-2H3,(H,33,34)/t22-,26?,28-,29-/m0/s1. The number of nitrogens with zero attached hydrogens (tertiary/aromatic N) is 1. The van der Waals surface area contributed by atoms with E-state index in [2.05, 4.69) is 34.5 Å². The van der Waals surface area contributed by atoms with Gasteiger partial charge in [0, 0.05) is 49.3 Å². The summed E-state index contributed by atoms with van der Waals surface area (Å²) in [6.45, 7) is 1.13. The number of hydrogen-bond donors (Lipinski definition) is 2. The Morgan fingerprint density at radius 1 is 1.05 bits per heavy atom. The van der Waals surface area contributed by atoms with E-state index in [1.165, 1.54) is 6.26 Å². The quantitative estimate of drug-likeness (QED) is 0.375. The Morgan fingerprint density at radius 3 is 2.26 bits per heavy atom. The van der Waals surface area contributed by atoms with Gasteiger partial charge in [0.2, 0.25) is 0 Å². The third kappa shape index (κ3) is 5.80. The smallest absolute Gasteiger partial charge is 0.496 e. The van der Waals surface area contributed by atoms with E-state index in [1.54, 1.807) is 25.3 Å². The van der Waals surface area contributed by atoms with Gasteiger partial charge in [0.15, 0.2) is 16.1 Å². The lowest BCUT2D eigenvalue weighted by molar-refractivity contribution is -0.139. The fourth-order valence-corrected chi connectivity index (χ4v) is 6.97. The van der Waals surface area contributed by atoms with Gasteiger partial charge >= 0.3 is 6.16 Å². The van der Waals surface area contributed by atoms with Gasteiger partial charge in [0.1, 0.15) is 5.75 Å². The lowest BCUT2D eigenvalue weighted by Crippen LogP contribution is -2.68. The van der Waals surface area contributed by atoms with Gasteiger partial charge in [0.25, 0.3) is 0 Å².